The van der Waals surface area contributed by atoms with E-state index in [1.165, 1.54) is 4.90 Å². The number of unbranched alkanes of at least 4 members (excludes halogenated alkanes) is 1. The summed E-state index contributed by atoms with van der Waals surface area (Å²) in [5.74, 6) is 0.962. The van der Waals surface area contributed by atoms with Crippen molar-refractivity contribution in [3.05, 3.63) is 71.7 Å². The van der Waals surface area contributed by atoms with Crippen LogP contribution in [-0.2, 0) is 0 Å². The summed E-state index contributed by atoms with van der Waals surface area (Å²) in [4.78, 5) is 20.5. The number of nitrogens with zero attached hydrogens (tertiary/aromatic N) is 3. The second kappa shape index (κ2) is 9.39. The van der Waals surface area contributed by atoms with Crippen molar-refractivity contribution in [3.8, 4) is 11.4 Å². The number of amides is 2. The first-order chi connectivity index (χ1) is 15.1. The van der Waals surface area contributed by atoms with Crippen LogP contribution in [-0.4, -0.2) is 33.9 Å². The van der Waals surface area contributed by atoms with E-state index in [1.807, 2.05) is 67.8 Å². The van der Waals surface area contributed by atoms with E-state index in [-0.39, 0.29) is 12.1 Å². The minimum absolute atomic E-state index is 0.101. The molecule has 1 atom stereocenters. The minimum atomic E-state index is -0.348. The summed E-state index contributed by atoms with van der Waals surface area (Å²) in [5.41, 5.74) is 3.55. The van der Waals surface area contributed by atoms with Gasteiger partial charge in [0.1, 0.15) is 0 Å². The smallest absolute Gasteiger partial charge is 0.322 e. The average molecular weight is 435 g/mol. The Kier molecular flexibility index (Phi) is 6.42. The van der Waals surface area contributed by atoms with E-state index in [2.05, 4.69) is 17.4 Å². The summed E-state index contributed by atoms with van der Waals surface area (Å²) in [6.45, 7) is 4.72. The lowest BCUT2D eigenvalue weighted by Crippen LogP contribution is -2.46. The number of allylic oxidation sites excluding steroid dienone is 1. The van der Waals surface area contributed by atoms with Gasteiger partial charge in [0.25, 0.3) is 5.89 Å². The molecule has 0 saturated heterocycles. The quantitative estimate of drug-likeness (QED) is 0.479. The van der Waals surface area contributed by atoms with Crippen molar-refractivity contribution in [2.45, 2.75) is 37.6 Å². The van der Waals surface area contributed by atoms with Crippen LogP contribution in [0.5, 0.6) is 0 Å². The van der Waals surface area contributed by atoms with Crippen LogP contribution in [0, 0.1) is 0 Å². The van der Waals surface area contributed by atoms with E-state index in [1.54, 1.807) is 16.7 Å². The number of hydrogen-bond acceptors (Lipinski definition) is 5. The Morgan fingerprint density at radius 1 is 1.13 bits per heavy atom. The third-order valence-corrected chi connectivity index (χ3v) is 6.21. The largest absolute Gasteiger partial charge is 0.334 e. The first-order valence-corrected chi connectivity index (χ1v) is 11.7. The first-order valence-electron chi connectivity index (χ1n) is 10.4. The van der Waals surface area contributed by atoms with Crippen LogP contribution in [0.15, 0.2) is 69.7 Å². The van der Waals surface area contributed by atoms with Crippen LogP contribution in [0.25, 0.3) is 17.0 Å². The van der Waals surface area contributed by atoms with E-state index >= 15 is 0 Å². The molecule has 7 heteroatoms. The molecule has 160 valence electrons. The Balaban J connectivity index is 1.76. The lowest BCUT2D eigenvalue weighted by atomic mass is 9.94. The molecular weight excluding hydrogens is 408 g/mol. The first kappa shape index (κ1) is 21.2. The van der Waals surface area contributed by atoms with Crippen LogP contribution in [0.2, 0.25) is 0 Å². The molecular formula is C24H26N4O2S. The Labute approximate surface area is 186 Å². The molecule has 4 rings (SSSR count). The van der Waals surface area contributed by atoms with Crippen molar-refractivity contribution in [1.82, 2.24) is 20.4 Å². The summed E-state index contributed by atoms with van der Waals surface area (Å²) in [6.07, 6.45) is 3.97. The van der Waals surface area contributed by atoms with E-state index < -0.39 is 0 Å². The third-order valence-electron chi connectivity index (χ3n) is 5.47. The van der Waals surface area contributed by atoms with Gasteiger partial charge in [-0.3, -0.25) is 4.90 Å². The molecule has 1 aromatic heterocycles. The van der Waals surface area contributed by atoms with Gasteiger partial charge in [-0.15, -0.1) is 11.8 Å². The number of aromatic nitrogens is 2. The minimum Gasteiger partial charge on any atom is -0.334 e. The predicted molar refractivity (Wildman–Crippen MR) is 123 cm³/mol. The zero-order valence-electron chi connectivity index (χ0n) is 18.0. The normalized spacial score (nSPS) is 16.5. The zero-order chi connectivity index (χ0) is 21.8. The van der Waals surface area contributed by atoms with E-state index in [9.17, 15) is 4.79 Å². The number of thioether (sulfide) groups is 1. The Morgan fingerprint density at radius 3 is 2.55 bits per heavy atom. The fourth-order valence-corrected chi connectivity index (χ4v) is 4.14. The second-order valence-electron chi connectivity index (χ2n) is 7.45. The fourth-order valence-electron chi connectivity index (χ4n) is 3.73. The maximum atomic E-state index is 12.9. The lowest BCUT2D eigenvalue weighted by molar-refractivity contribution is 0.204. The number of nitrogens with one attached hydrogen (secondary N) is 1. The van der Waals surface area contributed by atoms with Crippen molar-refractivity contribution in [3.63, 3.8) is 0 Å². The second-order valence-corrected chi connectivity index (χ2v) is 8.33. The molecule has 1 N–H and O–H groups in total. The molecule has 1 aliphatic heterocycles. The molecule has 0 bridgehead atoms. The highest BCUT2D eigenvalue weighted by molar-refractivity contribution is 7.98. The van der Waals surface area contributed by atoms with Gasteiger partial charge >= 0.3 is 6.03 Å². The fraction of sp³-hybridized carbons (Fsp3) is 0.292. The van der Waals surface area contributed by atoms with Crippen LogP contribution >= 0.6 is 11.8 Å². The third kappa shape index (κ3) is 4.37. The molecule has 0 saturated carbocycles. The van der Waals surface area contributed by atoms with Crippen LogP contribution < -0.4 is 5.32 Å². The van der Waals surface area contributed by atoms with Crippen LogP contribution in [0.1, 0.15) is 44.2 Å². The van der Waals surface area contributed by atoms with Crippen molar-refractivity contribution in [1.29, 1.82) is 0 Å². The van der Waals surface area contributed by atoms with Gasteiger partial charge in [-0.2, -0.15) is 4.98 Å². The zero-order valence-corrected chi connectivity index (χ0v) is 18.8. The molecule has 0 aliphatic carbocycles. The molecule has 0 spiro atoms. The average Bonchev–Trinajstić information content (AvgIpc) is 3.29. The van der Waals surface area contributed by atoms with Gasteiger partial charge in [0.05, 0.1) is 11.6 Å². The standard InChI is InChI=1S/C24H26N4O2S/c1-4-5-15-28-16(2)20(21(25-24(28)29)17-9-7-6-8-10-17)23-26-22(27-30-23)18-11-13-19(31-3)14-12-18/h6-14,21H,4-5,15H2,1-3H3,(H,25,29). The van der Waals surface area contributed by atoms with Gasteiger partial charge in [-0.1, -0.05) is 48.8 Å². The number of carbonyl (C=O) groups excluding carboxylic acids is 1. The molecule has 3 aromatic rings. The number of urea groups is 1. The maximum absolute atomic E-state index is 12.9. The Morgan fingerprint density at radius 2 is 1.87 bits per heavy atom. The predicted octanol–water partition coefficient (Wildman–Crippen LogP) is 5.76. The van der Waals surface area contributed by atoms with E-state index in [0.29, 0.717) is 18.3 Å². The number of rotatable bonds is 7. The van der Waals surface area contributed by atoms with Gasteiger partial charge in [0.15, 0.2) is 0 Å². The number of hydrogen-bond donors (Lipinski definition) is 1. The highest BCUT2D eigenvalue weighted by atomic mass is 32.2. The molecule has 1 unspecified atom stereocenters. The molecule has 1 aliphatic rings. The Hall–Kier alpha value is -3.06. The number of benzene rings is 2. The maximum Gasteiger partial charge on any atom is 0.322 e. The highest BCUT2D eigenvalue weighted by Crippen LogP contribution is 2.37. The topological polar surface area (TPSA) is 71.3 Å². The van der Waals surface area contributed by atoms with Crippen molar-refractivity contribution >= 4 is 23.4 Å². The summed E-state index contributed by atoms with van der Waals surface area (Å²) in [6, 6.07) is 17.5. The van der Waals surface area contributed by atoms with Gasteiger partial charge in [0.2, 0.25) is 5.82 Å². The molecule has 0 radical (unpaired) electrons. The van der Waals surface area contributed by atoms with Gasteiger partial charge in [0, 0.05) is 22.7 Å². The van der Waals surface area contributed by atoms with E-state index in [4.69, 9.17) is 9.51 Å². The molecule has 6 nitrogen and oxygen atoms in total. The lowest BCUT2D eigenvalue weighted by Gasteiger charge is -2.35. The van der Waals surface area contributed by atoms with Crippen LogP contribution in [0.3, 0.4) is 0 Å². The Bertz CT molecular complexity index is 1080. The highest BCUT2D eigenvalue weighted by Gasteiger charge is 2.35. The van der Waals surface area contributed by atoms with Crippen LogP contribution in [0.4, 0.5) is 4.79 Å². The SMILES string of the molecule is CCCCN1C(=O)NC(c2ccccc2)C(c2nc(-c3ccc(SC)cc3)no2)=C1C. The summed E-state index contributed by atoms with van der Waals surface area (Å²) in [7, 11) is 0. The van der Waals surface area contributed by atoms with Crippen molar-refractivity contribution in [2.75, 3.05) is 12.8 Å². The van der Waals surface area contributed by atoms with Crippen molar-refractivity contribution in [2.24, 2.45) is 0 Å². The number of carbonyl (C=O) groups is 1. The summed E-state index contributed by atoms with van der Waals surface area (Å²) < 4.78 is 5.72. The molecule has 31 heavy (non-hydrogen) atoms. The monoisotopic (exact) mass is 434 g/mol. The summed E-state index contributed by atoms with van der Waals surface area (Å²) >= 11 is 1.69. The molecule has 2 amide bonds. The molecule has 0 fully saturated rings. The van der Waals surface area contributed by atoms with Gasteiger partial charge in [-0.05, 0) is 49.4 Å². The molecule has 2 heterocycles. The summed E-state index contributed by atoms with van der Waals surface area (Å²) in [5, 5.41) is 7.36. The van der Waals surface area contributed by atoms with Gasteiger partial charge in [-0.25, -0.2) is 4.79 Å². The van der Waals surface area contributed by atoms with Crippen molar-refractivity contribution < 1.29 is 9.32 Å². The van der Waals surface area contributed by atoms with E-state index in [0.717, 1.165) is 35.2 Å². The molecule has 2 aromatic carbocycles. The van der Waals surface area contributed by atoms with Gasteiger partial charge < -0.3 is 9.84 Å².